The third kappa shape index (κ3) is 5.50. The average Bonchev–Trinajstić information content (AvgIpc) is 2.61. The Morgan fingerprint density at radius 2 is 1.36 bits per heavy atom. The molecule has 1 rings (SSSR count). The van der Waals surface area contributed by atoms with Crippen molar-refractivity contribution >= 4 is 29.3 Å². The number of nitro benzene ring substituents is 2. The van der Waals surface area contributed by atoms with Crippen molar-refractivity contribution in [2.45, 2.75) is 29.8 Å². The van der Waals surface area contributed by atoms with Gasteiger partial charge in [0, 0.05) is 6.42 Å². The molecule has 0 fully saturated rings. The molecular weight excluding hydrogens is 511 g/mol. The maximum Gasteiger partial charge on any atom is 0.514 e. The highest BCUT2D eigenvalue weighted by Gasteiger charge is 2.83. The van der Waals surface area contributed by atoms with Gasteiger partial charge in [-0.2, -0.15) is 39.5 Å². The van der Waals surface area contributed by atoms with Crippen molar-refractivity contribution in [3.8, 4) is 5.75 Å². The molecule has 0 aliphatic rings. The molecule has 0 N–H and O–H groups in total. The first-order valence-electron chi connectivity index (χ1n) is 7.86. The van der Waals surface area contributed by atoms with Gasteiger partial charge in [0.2, 0.25) is 5.75 Å². The molecule has 186 valence electrons. The summed E-state index contributed by atoms with van der Waals surface area (Å²) in [5, 5.41) is 22.3. The summed E-state index contributed by atoms with van der Waals surface area (Å²) in [6.45, 7) is -2.13. The third-order valence-electron chi connectivity index (χ3n) is 4.00. The predicted molar refractivity (Wildman–Crippen MR) is 88.7 cm³/mol. The van der Waals surface area contributed by atoms with E-state index in [4.69, 9.17) is 0 Å². The van der Waals surface area contributed by atoms with Crippen LogP contribution >= 0.6 is 11.8 Å². The van der Waals surface area contributed by atoms with Crippen LogP contribution < -0.4 is 4.74 Å². The van der Waals surface area contributed by atoms with Gasteiger partial charge in [-0.05, 0) is 18.4 Å². The molecule has 0 amide bonds. The van der Waals surface area contributed by atoms with Gasteiger partial charge in [0.25, 0.3) is 5.41 Å². The fraction of sp³-hybridized carbons (Fsp3) is 0.500. The van der Waals surface area contributed by atoms with Gasteiger partial charge >= 0.3 is 36.1 Å². The van der Waals surface area contributed by atoms with Crippen LogP contribution in [-0.2, 0) is 4.74 Å². The second-order valence-corrected chi connectivity index (χ2v) is 6.67. The molecular formula is C14H9F9N2O7S. The highest BCUT2D eigenvalue weighted by molar-refractivity contribution is 7.98. The second kappa shape index (κ2) is 9.48. The molecule has 0 aliphatic heterocycles. The van der Waals surface area contributed by atoms with Crippen molar-refractivity contribution in [2.75, 3.05) is 12.9 Å². The molecule has 1 aromatic rings. The molecule has 0 aromatic heterocycles. The topological polar surface area (TPSA) is 122 Å². The lowest BCUT2D eigenvalue weighted by Crippen LogP contribution is -2.60. The molecule has 0 aliphatic carbocycles. The highest BCUT2D eigenvalue weighted by Crippen LogP contribution is 2.61. The first-order valence-corrected chi connectivity index (χ1v) is 9.08. The quantitative estimate of drug-likeness (QED) is 0.110. The van der Waals surface area contributed by atoms with Crippen molar-refractivity contribution < 1.29 is 63.6 Å². The van der Waals surface area contributed by atoms with Crippen molar-refractivity contribution in [2.24, 2.45) is 5.41 Å². The molecule has 1 aromatic carbocycles. The number of hydrogen-bond donors (Lipinski definition) is 0. The summed E-state index contributed by atoms with van der Waals surface area (Å²) in [5.74, 6) is -1.19. The standard InChI is InChI=1S/C14H9F9N2O7S/c1-33-7-3-2-6(8(24(27)28)9(7)25(29)30)32-10(26)31-5-4-11(12(15,16)17,13(18,19)20)14(21,22)23/h2-3H,4-5H2,1H3. The van der Waals surface area contributed by atoms with E-state index < -0.39 is 70.1 Å². The zero-order chi connectivity index (χ0) is 26.0. The van der Waals surface area contributed by atoms with E-state index in [1.807, 2.05) is 0 Å². The molecule has 19 heteroatoms. The number of ether oxygens (including phenoxy) is 2. The summed E-state index contributed by atoms with van der Waals surface area (Å²) in [6, 6.07) is 1.49. The van der Waals surface area contributed by atoms with Crippen LogP contribution in [0.4, 0.5) is 55.7 Å². The van der Waals surface area contributed by atoms with Crippen LogP contribution in [0.1, 0.15) is 6.42 Å². The van der Waals surface area contributed by atoms with E-state index >= 15 is 0 Å². The third-order valence-corrected chi connectivity index (χ3v) is 4.77. The van der Waals surface area contributed by atoms with Crippen molar-refractivity contribution in [3.63, 3.8) is 0 Å². The van der Waals surface area contributed by atoms with Crippen LogP contribution in [0.25, 0.3) is 0 Å². The van der Waals surface area contributed by atoms with Gasteiger partial charge in [-0.3, -0.25) is 20.2 Å². The smallest absolute Gasteiger partial charge is 0.434 e. The van der Waals surface area contributed by atoms with Crippen molar-refractivity contribution in [1.82, 2.24) is 0 Å². The fourth-order valence-electron chi connectivity index (χ4n) is 2.46. The summed E-state index contributed by atoms with van der Waals surface area (Å²) in [5.41, 5.74) is -8.83. The SMILES string of the molecule is CSc1ccc(OC(=O)OCCC(C(F)(F)F)(C(F)(F)F)C(F)(F)F)c([N+](=O)[O-])c1[N+](=O)[O-]. The van der Waals surface area contributed by atoms with E-state index in [-0.39, 0.29) is 4.90 Å². The Bertz CT molecular complexity index is 895. The monoisotopic (exact) mass is 520 g/mol. The molecule has 0 saturated carbocycles. The van der Waals surface area contributed by atoms with E-state index in [1.54, 1.807) is 0 Å². The van der Waals surface area contributed by atoms with Crippen LogP contribution in [-0.4, -0.2) is 47.4 Å². The minimum Gasteiger partial charge on any atom is -0.434 e. The maximum atomic E-state index is 12.8. The van der Waals surface area contributed by atoms with Gasteiger partial charge in [-0.1, -0.05) is 0 Å². The van der Waals surface area contributed by atoms with Crippen LogP contribution in [0.15, 0.2) is 17.0 Å². The molecule has 0 unspecified atom stereocenters. The van der Waals surface area contributed by atoms with Crippen LogP contribution in [0.5, 0.6) is 5.75 Å². The minimum atomic E-state index is -6.89. The predicted octanol–water partition coefficient (Wildman–Crippen LogP) is 5.80. The molecule has 0 bridgehead atoms. The Hall–Kier alpha value is -2.99. The van der Waals surface area contributed by atoms with Crippen LogP contribution in [0.2, 0.25) is 0 Å². The van der Waals surface area contributed by atoms with E-state index in [1.165, 1.54) is 6.26 Å². The lowest BCUT2D eigenvalue weighted by atomic mass is 9.82. The lowest BCUT2D eigenvalue weighted by molar-refractivity contribution is -0.429. The first-order chi connectivity index (χ1) is 14.8. The molecule has 33 heavy (non-hydrogen) atoms. The highest BCUT2D eigenvalue weighted by atomic mass is 32.2. The summed E-state index contributed by atoms with van der Waals surface area (Å²) in [6.07, 6.45) is -24.5. The van der Waals surface area contributed by atoms with Gasteiger partial charge in [-0.25, -0.2) is 4.79 Å². The number of hydrogen-bond acceptors (Lipinski definition) is 8. The summed E-state index contributed by atoms with van der Waals surface area (Å²) < 4.78 is 123. The van der Waals surface area contributed by atoms with Crippen LogP contribution in [0.3, 0.4) is 0 Å². The Morgan fingerprint density at radius 3 is 1.73 bits per heavy atom. The molecule has 0 atom stereocenters. The Kier molecular flexibility index (Phi) is 8.05. The normalized spacial score (nSPS) is 12.9. The first kappa shape index (κ1) is 28.0. The number of carbonyl (C=O) groups is 1. The molecule has 0 radical (unpaired) electrons. The Balaban J connectivity index is 3.20. The number of nitrogens with zero attached hydrogens (tertiary/aromatic N) is 2. The maximum absolute atomic E-state index is 12.8. The van der Waals surface area contributed by atoms with E-state index in [0.29, 0.717) is 17.8 Å². The number of halogens is 9. The summed E-state index contributed by atoms with van der Waals surface area (Å²) in [7, 11) is 0. The van der Waals surface area contributed by atoms with Gasteiger partial charge in [-0.15, -0.1) is 11.8 Å². The summed E-state index contributed by atoms with van der Waals surface area (Å²) in [4.78, 5) is 31.0. The van der Waals surface area contributed by atoms with E-state index in [2.05, 4.69) is 9.47 Å². The number of rotatable bonds is 7. The minimum absolute atomic E-state index is 0.280. The Labute approximate surface area is 180 Å². The van der Waals surface area contributed by atoms with Gasteiger partial charge < -0.3 is 9.47 Å². The number of carbonyl (C=O) groups excluding carboxylic acids is 1. The number of thioether (sulfide) groups is 1. The molecule has 0 heterocycles. The summed E-state index contributed by atoms with van der Waals surface area (Å²) >= 11 is 0.669. The lowest BCUT2D eigenvalue weighted by Gasteiger charge is -2.38. The van der Waals surface area contributed by atoms with Gasteiger partial charge in [0.05, 0.1) is 21.3 Å². The molecule has 9 nitrogen and oxygen atoms in total. The van der Waals surface area contributed by atoms with Crippen molar-refractivity contribution in [3.05, 3.63) is 32.4 Å². The van der Waals surface area contributed by atoms with E-state index in [0.717, 1.165) is 6.07 Å². The van der Waals surface area contributed by atoms with Gasteiger partial charge in [0.1, 0.15) is 0 Å². The largest absolute Gasteiger partial charge is 0.514 e. The number of alkyl halides is 9. The van der Waals surface area contributed by atoms with E-state index in [9.17, 15) is 64.5 Å². The van der Waals surface area contributed by atoms with Crippen LogP contribution in [0, 0.1) is 25.6 Å². The van der Waals surface area contributed by atoms with Gasteiger partial charge in [0.15, 0.2) is 0 Å². The Morgan fingerprint density at radius 1 is 0.909 bits per heavy atom. The molecule has 0 saturated heterocycles. The van der Waals surface area contributed by atoms with Crippen molar-refractivity contribution in [1.29, 1.82) is 0 Å². The average molecular weight is 520 g/mol. The zero-order valence-electron chi connectivity index (χ0n) is 15.6. The number of nitro groups is 2. The molecule has 0 spiro atoms. The second-order valence-electron chi connectivity index (χ2n) is 5.83. The fourth-order valence-corrected chi connectivity index (χ4v) is 3.03. The zero-order valence-corrected chi connectivity index (χ0v) is 16.4. The number of benzene rings is 1.